The molecule has 0 bridgehead atoms. The molecule has 0 aromatic heterocycles. The van der Waals surface area contributed by atoms with Crippen LogP contribution in [-0.4, -0.2) is 30.8 Å². The Morgan fingerprint density at radius 1 is 0.966 bits per heavy atom. The quantitative estimate of drug-likeness (QED) is 0.430. The van der Waals surface area contributed by atoms with Crippen LogP contribution in [0.2, 0.25) is 0 Å². The van der Waals surface area contributed by atoms with E-state index in [0.717, 1.165) is 27.8 Å². The predicted octanol–water partition coefficient (Wildman–Crippen LogP) is 4.31. The van der Waals surface area contributed by atoms with Crippen LogP contribution in [0.25, 0.3) is 10.8 Å². The van der Waals surface area contributed by atoms with E-state index in [1.54, 1.807) is 0 Å². The van der Waals surface area contributed by atoms with Crippen LogP contribution in [0.15, 0.2) is 66.7 Å². The molecule has 0 unspecified atom stereocenters. The van der Waals surface area contributed by atoms with Gasteiger partial charge in [0.2, 0.25) is 5.91 Å². The Bertz CT molecular complexity index is 968. The first-order chi connectivity index (χ1) is 14.2. The van der Waals surface area contributed by atoms with E-state index in [2.05, 4.69) is 10.6 Å². The molecule has 0 atom stereocenters. The lowest BCUT2D eigenvalue weighted by Crippen LogP contribution is -2.35. The van der Waals surface area contributed by atoms with Gasteiger partial charge in [-0.15, -0.1) is 0 Å². The maximum atomic E-state index is 12.4. The molecule has 0 radical (unpaired) electrons. The van der Waals surface area contributed by atoms with Crippen molar-refractivity contribution in [3.63, 3.8) is 0 Å². The highest BCUT2D eigenvalue weighted by Gasteiger charge is 2.09. The summed E-state index contributed by atoms with van der Waals surface area (Å²) in [5, 5.41) is 8.21. The Labute approximate surface area is 176 Å². The van der Waals surface area contributed by atoms with Gasteiger partial charge in [0.1, 0.15) is 12.4 Å². The summed E-state index contributed by atoms with van der Waals surface area (Å²) in [6.07, 6.45) is 0.260. The lowest BCUT2D eigenvalue weighted by atomic mass is 10.0. The second kappa shape index (κ2) is 10.5. The van der Waals surface area contributed by atoms with Crippen molar-refractivity contribution in [1.82, 2.24) is 5.32 Å². The first-order valence-corrected chi connectivity index (χ1v) is 9.94. The molecule has 0 heterocycles. The van der Waals surface area contributed by atoms with E-state index in [1.807, 2.05) is 73.7 Å². The molecule has 29 heavy (non-hydrogen) atoms. The number of thiocarbonyl (C=S) groups is 1. The van der Waals surface area contributed by atoms with Crippen molar-refractivity contribution >= 4 is 39.7 Å². The van der Waals surface area contributed by atoms with E-state index in [0.29, 0.717) is 19.8 Å². The Hall–Kier alpha value is -2.96. The monoisotopic (exact) mass is 408 g/mol. The number of hydrogen-bond donors (Lipinski definition) is 2. The third-order valence-corrected chi connectivity index (χ3v) is 4.50. The van der Waals surface area contributed by atoms with E-state index in [1.165, 1.54) is 0 Å². The van der Waals surface area contributed by atoms with Crippen molar-refractivity contribution in [2.75, 3.05) is 25.1 Å². The van der Waals surface area contributed by atoms with Crippen molar-refractivity contribution in [2.24, 2.45) is 0 Å². The van der Waals surface area contributed by atoms with E-state index in [4.69, 9.17) is 21.7 Å². The minimum Gasteiger partial charge on any atom is -0.491 e. The van der Waals surface area contributed by atoms with E-state index in [-0.39, 0.29) is 17.4 Å². The number of ether oxygens (including phenoxy) is 2. The highest BCUT2D eigenvalue weighted by Crippen LogP contribution is 2.19. The van der Waals surface area contributed by atoms with Gasteiger partial charge in [-0.1, -0.05) is 42.5 Å². The third kappa shape index (κ3) is 6.27. The third-order valence-electron chi connectivity index (χ3n) is 4.30. The fourth-order valence-corrected chi connectivity index (χ4v) is 3.18. The number of nitrogens with one attached hydrogen (secondary N) is 2. The number of carbonyl (C=O) groups is 1. The predicted molar refractivity (Wildman–Crippen MR) is 120 cm³/mol. The molecule has 3 rings (SSSR count). The van der Waals surface area contributed by atoms with Crippen LogP contribution in [0.3, 0.4) is 0 Å². The minimum atomic E-state index is -0.158. The Kier molecular flexibility index (Phi) is 7.55. The van der Waals surface area contributed by atoms with Crippen molar-refractivity contribution < 1.29 is 14.3 Å². The molecular formula is C23H24N2O3S. The van der Waals surface area contributed by atoms with Gasteiger partial charge in [0.05, 0.1) is 13.0 Å². The summed E-state index contributed by atoms with van der Waals surface area (Å²) in [5.41, 5.74) is 1.74. The number of benzene rings is 3. The maximum Gasteiger partial charge on any atom is 0.230 e. The van der Waals surface area contributed by atoms with E-state index < -0.39 is 0 Å². The van der Waals surface area contributed by atoms with Gasteiger partial charge < -0.3 is 20.1 Å². The van der Waals surface area contributed by atoms with Gasteiger partial charge in [-0.2, -0.15) is 0 Å². The van der Waals surface area contributed by atoms with Crippen LogP contribution in [0.1, 0.15) is 12.5 Å². The number of fused-ring (bicyclic) bond motifs is 1. The first-order valence-electron chi connectivity index (χ1n) is 9.54. The Morgan fingerprint density at radius 3 is 2.52 bits per heavy atom. The number of rotatable bonds is 8. The maximum absolute atomic E-state index is 12.4. The zero-order valence-electron chi connectivity index (χ0n) is 16.3. The molecule has 2 N–H and O–H groups in total. The van der Waals surface area contributed by atoms with Gasteiger partial charge >= 0.3 is 0 Å². The summed E-state index contributed by atoms with van der Waals surface area (Å²) in [6.45, 7) is 3.69. The highest BCUT2D eigenvalue weighted by molar-refractivity contribution is 7.80. The zero-order valence-corrected chi connectivity index (χ0v) is 17.1. The van der Waals surface area contributed by atoms with Gasteiger partial charge in [0.15, 0.2) is 5.11 Å². The molecule has 6 heteroatoms. The summed E-state index contributed by atoms with van der Waals surface area (Å²) in [6, 6.07) is 21.3. The summed E-state index contributed by atoms with van der Waals surface area (Å²) in [4.78, 5) is 12.4. The largest absolute Gasteiger partial charge is 0.491 e. The van der Waals surface area contributed by atoms with Crippen molar-refractivity contribution in [1.29, 1.82) is 0 Å². The van der Waals surface area contributed by atoms with Crippen molar-refractivity contribution in [3.8, 4) is 5.75 Å². The molecule has 0 aliphatic heterocycles. The molecule has 0 aliphatic rings. The molecule has 0 saturated carbocycles. The SMILES string of the molecule is CCOCCOc1ccc(NC(=S)NC(=O)Cc2cccc3ccccc23)cc1. The molecule has 3 aromatic rings. The minimum absolute atomic E-state index is 0.158. The first kappa shape index (κ1) is 20.8. The number of amides is 1. The summed E-state index contributed by atoms with van der Waals surface area (Å²) in [5.74, 6) is 0.593. The lowest BCUT2D eigenvalue weighted by molar-refractivity contribution is -0.119. The highest BCUT2D eigenvalue weighted by atomic mass is 32.1. The van der Waals surface area contributed by atoms with Crippen LogP contribution >= 0.6 is 12.2 Å². The topological polar surface area (TPSA) is 59.6 Å². The van der Waals surface area contributed by atoms with E-state index in [9.17, 15) is 4.79 Å². The van der Waals surface area contributed by atoms with Gasteiger partial charge in [-0.25, -0.2) is 0 Å². The lowest BCUT2D eigenvalue weighted by Gasteiger charge is -2.11. The number of carbonyl (C=O) groups excluding carboxylic acids is 1. The summed E-state index contributed by atoms with van der Waals surface area (Å²) in [7, 11) is 0. The fraction of sp³-hybridized carbons (Fsp3) is 0.217. The van der Waals surface area contributed by atoms with Gasteiger partial charge in [-0.3, -0.25) is 4.79 Å². The molecule has 0 fully saturated rings. The Morgan fingerprint density at radius 2 is 1.72 bits per heavy atom. The summed E-state index contributed by atoms with van der Waals surface area (Å²) < 4.78 is 10.8. The average molecular weight is 409 g/mol. The fourth-order valence-electron chi connectivity index (χ4n) is 2.95. The zero-order chi connectivity index (χ0) is 20.5. The average Bonchev–Trinajstić information content (AvgIpc) is 2.72. The van der Waals surface area contributed by atoms with Crippen molar-refractivity contribution in [2.45, 2.75) is 13.3 Å². The molecule has 1 amide bonds. The Balaban J connectivity index is 1.50. The van der Waals surface area contributed by atoms with Crippen LogP contribution in [0.4, 0.5) is 5.69 Å². The molecule has 0 saturated heterocycles. The van der Waals surface area contributed by atoms with Crippen LogP contribution in [-0.2, 0) is 16.0 Å². The van der Waals surface area contributed by atoms with Gasteiger partial charge in [0.25, 0.3) is 0 Å². The molecule has 5 nitrogen and oxygen atoms in total. The standard InChI is InChI=1S/C23H24N2O3S/c1-2-27-14-15-28-20-12-10-19(11-13-20)24-23(29)25-22(26)16-18-8-5-7-17-6-3-4-9-21(17)18/h3-13H,2,14-16H2,1H3,(H2,24,25,26,29). The number of hydrogen-bond acceptors (Lipinski definition) is 4. The van der Waals surface area contributed by atoms with Gasteiger partial charge in [0, 0.05) is 12.3 Å². The van der Waals surface area contributed by atoms with Crippen LogP contribution < -0.4 is 15.4 Å². The molecule has 3 aromatic carbocycles. The number of anilines is 1. The second-order valence-corrected chi connectivity index (χ2v) is 6.80. The molecule has 0 aliphatic carbocycles. The van der Waals surface area contributed by atoms with Crippen LogP contribution in [0, 0.1) is 0 Å². The second-order valence-electron chi connectivity index (χ2n) is 6.39. The molecule has 150 valence electrons. The smallest absolute Gasteiger partial charge is 0.230 e. The normalized spacial score (nSPS) is 10.5. The van der Waals surface area contributed by atoms with Gasteiger partial charge in [-0.05, 0) is 59.7 Å². The molecular weight excluding hydrogens is 384 g/mol. The van der Waals surface area contributed by atoms with Crippen LogP contribution in [0.5, 0.6) is 5.75 Å². The van der Waals surface area contributed by atoms with Crippen molar-refractivity contribution in [3.05, 3.63) is 72.3 Å². The molecule has 0 spiro atoms. The van der Waals surface area contributed by atoms with E-state index >= 15 is 0 Å². The summed E-state index contributed by atoms with van der Waals surface area (Å²) >= 11 is 5.27.